The molecule has 1 saturated heterocycles. The molecule has 0 radical (unpaired) electrons. The van der Waals surface area contributed by atoms with Gasteiger partial charge in [-0.25, -0.2) is 9.78 Å². The first-order valence-electron chi connectivity index (χ1n) is 8.51. The summed E-state index contributed by atoms with van der Waals surface area (Å²) in [7, 11) is 1.90. The number of fused-ring (bicyclic) bond motifs is 1. The van der Waals surface area contributed by atoms with Gasteiger partial charge in [0, 0.05) is 51.0 Å². The highest BCUT2D eigenvalue weighted by Crippen LogP contribution is 2.24. The average Bonchev–Trinajstić information content (AvgIpc) is 3.11. The quantitative estimate of drug-likeness (QED) is 0.782. The molecule has 0 aliphatic carbocycles. The number of aromatic nitrogens is 2. The van der Waals surface area contributed by atoms with E-state index in [9.17, 15) is 4.79 Å². The van der Waals surface area contributed by atoms with Crippen LogP contribution in [0.15, 0.2) is 54.9 Å². The fourth-order valence-corrected chi connectivity index (χ4v) is 3.36. The van der Waals surface area contributed by atoms with E-state index in [1.165, 1.54) is 0 Å². The highest BCUT2D eigenvalue weighted by molar-refractivity contribution is 5.91. The topological polar surface area (TPSA) is 53.4 Å². The molecule has 3 aromatic rings. The van der Waals surface area contributed by atoms with Gasteiger partial charge in [-0.1, -0.05) is 18.2 Å². The fourth-order valence-electron chi connectivity index (χ4n) is 3.36. The number of hydrogen-bond acceptors (Lipinski definition) is 4. The Morgan fingerprint density at radius 1 is 1.04 bits per heavy atom. The Hall–Kier alpha value is -3.02. The number of anilines is 2. The molecule has 3 heterocycles. The summed E-state index contributed by atoms with van der Waals surface area (Å²) in [5.41, 5.74) is 1.97. The van der Waals surface area contributed by atoms with Crippen molar-refractivity contribution in [3.05, 3.63) is 54.9 Å². The van der Waals surface area contributed by atoms with Crippen LogP contribution in [0.2, 0.25) is 0 Å². The third-order valence-electron chi connectivity index (χ3n) is 4.71. The summed E-state index contributed by atoms with van der Waals surface area (Å²) in [6.07, 6.45) is 3.66. The SMILES string of the molecule is CNc1cccnc1N1CCN(C(=O)n2ccc3ccccc32)CC1. The number of nitrogens with one attached hydrogen (secondary N) is 1. The van der Waals surface area contributed by atoms with E-state index in [0.717, 1.165) is 35.5 Å². The summed E-state index contributed by atoms with van der Waals surface area (Å²) in [6.45, 7) is 2.92. The van der Waals surface area contributed by atoms with Crippen molar-refractivity contribution in [3.63, 3.8) is 0 Å². The van der Waals surface area contributed by atoms with Crippen LogP contribution in [0.5, 0.6) is 0 Å². The van der Waals surface area contributed by atoms with Crippen LogP contribution in [-0.2, 0) is 0 Å². The monoisotopic (exact) mass is 335 g/mol. The van der Waals surface area contributed by atoms with Crippen molar-refractivity contribution >= 4 is 28.4 Å². The van der Waals surface area contributed by atoms with Crippen molar-refractivity contribution < 1.29 is 4.79 Å². The van der Waals surface area contributed by atoms with Crippen molar-refractivity contribution in [1.29, 1.82) is 0 Å². The molecule has 0 saturated carbocycles. The first-order valence-corrected chi connectivity index (χ1v) is 8.51. The van der Waals surface area contributed by atoms with Gasteiger partial charge in [0.05, 0.1) is 11.2 Å². The predicted octanol–water partition coefficient (Wildman–Crippen LogP) is 2.87. The van der Waals surface area contributed by atoms with E-state index in [1.807, 2.05) is 60.6 Å². The number of carbonyl (C=O) groups is 1. The zero-order chi connectivity index (χ0) is 17.2. The van der Waals surface area contributed by atoms with Crippen molar-refractivity contribution in [2.24, 2.45) is 0 Å². The summed E-state index contributed by atoms with van der Waals surface area (Å²) in [6, 6.07) is 13.9. The van der Waals surface area contributed by atoms with Crippen LogP contribution in [0, 0.1) is 0 Å². The third kappa shape index (κ3) is 2.80. The lowest BCUT2D eigenvalue weighted by molar-refractivity contribution is 0.197. The van der Waals surface area contributed by atoms with Crippen LogP contribution in [-0.4, -0.2) is 53.7 Å². The lowest BCUT2D eigenvalue weighted by atomic mass is 10.2. The summed E-state index contributed by atoms with van der Waals surface area (Å²) >= 11 is 0. The minimum Gasteiger partial charge on any atom is -0.385 e. The second kappa shape index (κ2) is 6.47. The fraction of sp³-hybridized carbons (Fsp3) is 0.263. The molecular formula is C19H21N5O. The molecule has 0 bridgehead atoms. The second-order valence-corrected chi connectivity index (χ2v) is 6.13. The lowest BCUT2D eigenvalue weighted by Crippen LogP contribution is -2.50. The maximum atomic E-state index is 12.9. The van der Waals surface area contributed by atoms with Gasteiger partial charge in [0.15, 0.2) is 5.82 Å². The predicted molar refractivity (Wildman–Crippen MR) is 100 cm³/mol. The molecule has 25 heavy (non-hydrogen) atoms. The molecule has 0 unspecified atom stereocenters. The smallest absolute Gasteiger partial charge is 0.328 e. The molecule has 6 nitrogen and oxygen atoms in total. The molecule has 1 N–H and O–H groups in total. The largest absolute Gasteiger partial charge is 0.385 e. The van der Waals surface area contributed by atoms with Gasteiger partial charge in [0.2, 0.25) is 0 Å². The van der Waals surface area contributed by atoms with Crippen LogP contribution in [0.25, 0.3) is 10.9 Å². The van der Waals surface area contributed by atoms with Crippen molar-refractivity contribution in [2.45, 2.75) is 0 Å². The summed E-state index contributed by atoms with van der Waals surface area (Å²) in [4.78, 5) is 21.5. The first-order chi connectivity index (χ1) is 12.3. The Balaban J connectivity index is 1.49. The van der Waals surface area contributed by atoms with Gasteiger partial charge in [0.1, 0.15) is 0 Å². The average molecular weight is 335 g/mol. The van der Waals surface area contributed by atoms with Gasteiger partial charge in [-0.2, -0.15) is 0 Å². The normalized spacial score (nSPS) is 14.8. The van der Waals surface area contributed by atoms with Crippen LogP contribution in [0.4, 0.5) is 16.3 Å². The summed E-state index contributed by atoms with van der Waals surface area (Å²) in [5, 5.41) is 4.27. The summed E-state index contributed by atoms with van der Waals surface area (Å²) < 4.78 is 1.74. The van der Waals surface area contributed by atoms with E-state index in [2.05, 4.69) is 15.2 Å². The van der Waals surface area contributed by atoms with E-state index in [1.54, 1.807) is 10.8 Å². The number of carbonyl (C=O) groups excluding carboxylic acids is 1. The standard InChI is InChI=1S/C19H21N5O/c1-20-16-6-4-9-21-18(16)22-11-13-23(14-12-22)19(25)24-10-8-15-5-2-3-7-17(15)24/h2-10,20H,11-14H2,1H3. The molecule has 1 amide bonds. The van der Waals surface area contributed by atoms with Crippen LogP contribution in [0.3, 0.4) is 0 Å². The van der Waals surface area contributed by atoms with Gasteiger partial charge in [-0.05, 0) is 24.3 Å². The highest BCUT2D eigenvalue weighted by Gasteiger charge is 2.24. The Bertz CT molecular complexity index is 895. The molecule has 1 aliphatic heterocycles. The first kappa shape index (κ1) is 15.5. The lowest BCUT2D eigenvalue weighted by Gasteiger charge is -2.36. The molecule has 1 aromatic carbocycles. The zero-order valence-corrected chi connectivity index (χ0v) is 14.2. The number of rotatable bonds is 2. The maximum absolute atomic E-state index is 12.9. The Labute approximate surface area is 146 Å². The maximum Gasteiger partial charge on any atom is 0.328 e. The molecule has 6 heteroatoms. The highest BCUT2D eigenvalue weighted by atomic mass is 16.2. The third-order valence-corrected chi connectivity index (χ3v) is 4.71. The van der Waals surface area contributed by atoms with E-state index in [-0.39, 0.29) is 6.03 Å². The molecule has 2 aromatic heterocycles. The second-order valence-electron chi connectivity index (χ2n) is 6.13. The van der Waals surface area contributed by atoms with Crippen LogP contribution < -0.4 is 10.2 Å². The number of benzene rings is 1. The van der Waals surface area contributed by atoms with Crippen molar-refractivity contribution in [2.75, 3.05) is 43.4 Å². The molecule has 1 fully saturated rings. The number of hydrogen-bond donors (Lipinski definition) is 1. The van der Waals surface area contributed by atoms with Crippen LogP contribution in [0.1, 0.15) is 0 Å². The molecule has 0 atom stereocenters. The molecular weight excluding hydrogens is 314 g/mol. The van der Waals surface area contributed by atoms with Crippen molar-refractivity contribution in [1.82, 2.24) is 14.5 Å². The van der Waals surface area contributed by atoms with Crippen LogP contribution >= 0.6 is 0 Å². The van der Waals surface area contributed by atoms with E-state index in [4.69, 9.17) is 0 Å². The van der Waals surface area contributed by atoms with E-state index < -0.39 is 0 Å². The number of nitrogens with zero attached hydrogens (tertiary/aromatic N) is 4. The van der Waals surface area contributed by atoms with Gasteiger partial charge >= 0.3 is 6.03 Å². The van der Waals surface area contributed by atoms with Gasteiger partial charge in [0.25, 0.3) is 0 Å². The number of piperazine rings is 1. The number of pyridine rings is 1. The van der Waals surface area contributed by atoms with Gasteiger partial charge in [-0.3, -0.25) is 4.57 Å². The molecule has 1 aliphatic rings. The van der Waals surface area contributed by atoms with E-state index >= 15 is 0 Å². The summed E-state index contributed by atoms with van der Waals surface area (Å²) in [5.74, 6) is 0.948. The minimum absolute atomic E-state index is 0.0377. The Kier molecular flexibility index (Phi) is 4.01. The van der Waals surface area contributed by atoms with Gasteiger partial charge < -0.3 is 15.1 Å². The number of amides is 1. The Morgan fingerprint density at radius 2 is 1.84 bits per heavy atom. The van der Waals surface area contributed by atoms with E-state index in [0.29, 0.717) is 13.1 Å². The molecule has 0 spiro atoms. The minimum atomic E-state index is 0.0377. The molecule has 128 valence electrons. The van der Waals surface area contributed by atoms with Crippen molar-refractivity contribution in [3.8, 4) is 0 Å². The Morgan fingerprint density at radius 3 is 2.64 bits per heavy atom. The number of para-hydroxylation sites is 1. The van der Waals surface area contributed by atoms with Gasteiger partial charge in [-0.15, -0.1) is 0 Å². The molecule has 4 rings (SSSR count). The zero-order valence-electron chi connectivity index (χ0n) is 14.2.